The summed E-state index contributed by atoms with van der Waals surface area (Å²) in [5, 5.41) is 0. The largest absolute Gasteiger partial charge is 1.00 e. The van der Waals surface area contributed by atoms with Crippen LogP contribution in [0.4, 0.5) is 0 Å². The minimum atomic E-state index is -4.41. The van der Waals surface area contributed by atoms with Crippen molar-refractivity contribution in [2.24, 2.45) is 0 Å². The molecule has 0 radical (unpaired) electrons. The van der Waals surface area contributed by atoms with Gasteiger partial charge >= 0.3 is 29.3 Å². The molecule has 4 nitrogen and oxygen atoms in total. The van der Waals surface area contributed by atoms with Gasteiger partial charge in [0.05, 0.1) is 0 Å². The summed E-state index contributed by atoms with van der Waals surface area (Å²) in [6, 6.07) is 8.52. The van der Waals surface area contributed by atoms with Crippen molar-refractivity contribution in [1.82, 2.24) is 0 Å². The van der Waals surface area contributed by atoms with E-state index in [2.05, 4.69) is 10.2 Å². The van der Waals surface area contributed by atoms with Crippen molar-refractivity contribution >= 4 is 10.4 Å². The molecule has 12 heavy (non-hydrogen) atoms. The minimum Gasteiger partial charge on any atom is -0.389 e. The third-order valence-electron chi connectivity index (χ3n) is 0.876. The van der Waals surface area contributed by atoms with Crippen LogP contribution in [0.5, 0.6) is 5.75 Å². The molecule has 1 aromatic rings. The molecule has 0 atom stereocenters. The van der Waals surface area contributed by atoms with Crippen LogP contribution in [0.3, 0.4) is 0 Å². The van der Waals surface area contributed by atoms with Crippen LogP contribution in [-0.4, -0.2) is 13.0 Å². The molecule has 6 heteroatoms. The third kappa shape index (κ3) is 4.41. The van der Waals surface area contributed by atoms with Crippen LogP contribution in [0.2, 0.25) is 0 Å². The maximum absolute atomic E-state index is 10.1. The Balaban J connectivity index is 0.00000121. The number of rotatable bonds is 2. The van der Waals surface area contributed by atoms with Gasteiger partial charge in [-0.2, -0.15) is 26.6 Å². The summed E-state index contributed by atoms with van der Waals surface area (Å²) in [5.41, 5.74) is 0. The maximum Gasteiger partial charge on any atom is 1.00 e. The maximum atomic E-state index is 10.1. The molecule has 0 unspecified atom stereocenters. The molecule has 0 heterocycles. The zero-order chi connectivity index (χ0) is 8.32. The minimum absolute atomic E-state index is 0. The Hall–Kier alpha value is -0.473. The van der Waals surface area contributed by atoms with Gasteiger partial charge < -0.3 is 4.18 Å². The van der Waals surface area contributed by atoms with E-state index in [4.69, 9.17) is 4.55 Å². The zero-order valence-electron chi connectivity index (χ0n) is 6.39. The second-order valence-electron chi connectivity index (χ2n) is 1.74. The average molecular weight is 180 g/mol. The van der Waals surface area contributed by atoms with Crippen molar-refractivity contribution in [3.63, 3.8) is 0 Å². The zero-order valence-corrected chi connectivity index (χ0v) is 7.21. The molecule has 0 saturated carbocycles. The molecular formula is C6H5LiO4S. The SMILES string of the molecule is O=S(=O)(O)Oc1[c-]cccc1.[Li+]. The molecule has 60 valence electrons. The van der Waals surface area contributed by atoms with E-state index in [9.17, 15) is 8.42 Å². The van der Waals surface area contributed by atoms with E-state index in [0.717, 1.165) is 0 Å². The van der Waals surface area contributed by atoms with Gasteiger partial charge in [-0.05, 0) is 0 Å². The average Bonchev–Trinajstić information content (AvgIpc) is 1.85. The molecule has 1 aromatic carbocycles. The van der Waals surface area contributed by atoms with Gasteiger partial charge in [-0.1, -0.05) is 0 Å². The summed E-state index contributed by atoms with van der Waals surface area (Å²) < 4.78 is 32.5. The summed E-state index contributed by atoms with van der Waals surface area (Å²) in [6.45, 7) is 0. The first-order valence-corrected chi connectivity index (χ1v) is 4.08. The van der Waals surface area contributed by atoms with Gasteiger partial charge in [0.15, 0.2) is 0 Å². The van der Waals surface area contributed by atoms with Crippen LogP contribution in [0, 0.1) is 6.07 Å². The van der Waals surface area contributed by atoms with Gasteiger partial charge in [-0.15, -0.1) is 12.1 Å². The molecule has 1 rings (SSSR count). The molecule has 0 aliphatic carbocycles. The van der Waals surface area contributed by atoms with Gasteiger partial charge in [0, 0.05) is 5.75 Å². The van der Waals surface area contributed by atoms with E-state index in [1.54, 1.807) is 12.1 Å². The molecule has 1 N–H and O–H groups in total. The summed E-state index contributed by atoms with van der Waals surface area (Å²) >= 11 is 0. The quantitative estimate of drug-likeness (QED) is 0.315. The van der Waals surface area contributed by atoms with Crippen LogP contribution < -0.4 is 23.0 Å². The normalized spacial score (nSPS) is 10.1. The summed E-state index contributed by atoms with van der Waals surface area (Å²) in [5.74, 6) is -0.0324. The van der Waals surface area contributed by atoms with Crippen molar-refractivity contribution in [2.45, 2.75) is 0 Å². The Morgan fingerprint density at radius 2 is 2.08 bits per heavy atom. The van der Waals surface area contributed by atoms with E-state index in [0.29, 0.717) is 0 Å². The first-order chi connectivity index (χ1) is 5.08. The van der Waals surface area contributed by atoms with Gasteiger partial charge in [-0.3, -0.25) is 4.55 Å². The Morgan fingerprint density at radius 3 is 2.50 bits per heavy atom. The molecule has 0 bridgehead atoms. The van der Waals surface area contributed by atoms with Gasteiger partial charge in [0.2, 0.25) is 0 Å². The van der Waals surface area contributed by atoms with Crippen molar-refractivity contribution < 1.29 is 36.0 Å². The van der Waals surface area contributed by atoms with E-state index < -0.39 is 10.4 Å². The Morgan fingerprint density at radius 1 is 1.42 bits per heavy atom. The van der Waals surface area contributed by atoms with Crippen LogP contribution in [0.15, 0.2) is 24.3 Å². The second kappa shape index (κ2) is 4.53. The molecule has 0 fully saturated rings. The third-order valence-corrected chi connectivity index (χ3v) is 1.27. The molecule has 0 aromatic heterocycles. The number of benzene rings is 1. The second-order valence-corrected chi connectivity index (χ2v) is 2.76. The Labute approximate surface area is 82.7 Å². The summed E-state index contributed by atoms with van der Waals surface area (Å²) in [7, 11) is -4.41. The van der Waals surface area contributed by atoms with Gasteiger partial charge in [0.1, 0.15) is 0 Å². The van der Waals surface area contributed by atoms with E-state index in [1.807, 2.05) is 0 Å². The number of hydrogen-bond donors (Lipinski definition) is 1. The fraction of sp³-hybridized carbons (Fsp3) is 0. The van der Waals surface area contributed by atoms with Crippen LogP contribution in [0.1, 0.15) is 0 Å². The topological polar surface area (TPSA) is 63.6 Å². The summed E-state index contributed by atoms with van der Waals surface area (Å²) in [4.78, 5) is 0. The van der Waals surface area contributed by atoms with E-state index >= 15 is 0 Å². The number of para-hydroxylation sites is 1. The van der Waals surface area contributed by atoms with Gasteiger partial charge in [0.25, 0.3) is 0 Å². The first-order valence-electron chi connectivity index (χ1n) is 2.71. The standard InChI is InChI=1S/C6H5O4S.Li/c7-11(8,9)10-6-4-2-1-3-5-6;/h1-4H,(H,7,8,9);/q-1;+1. The fourth-order valence-electron chi connectivity index (χ4n) is 0.542. The van der Waals surface area contributed by atoms with Crippen molar-refractivity contribution in [2.75, 3.05) is 0 Å². The summed E-state index contributed by atoms with van der Waals surface area (Å²) in [6.07, 6.45) is 0. The van der Waals surface area contributed by atoms with Crippen molar-refractivity contribution in [3.05, 3.63) is 30.3 Å². The van der Waals surface area contributed by atoms with Crippen LogP contribution >= 0.6 is 0 Å². The smallest absolute Gasteiger partial charge is 0.389 e. The molecule has 0 aliphatic rings. The van der Waals surface area contributed by atoms with Gasteiger partial charge in [-0.25, -0.2) is 0 Å². The van der Waals surface area contributed by atoms with E-state index in [1.165, 1.54) is 12.1 Å². The predicted molar refractivity (Wildman–Crippen MR) is 37.5 cm³/mol. The molecule has 0 saturated heterocycles. The van der Waals surface area contributed by atoms with Crippen molar-refractivity contribution in [1.29, 1.82) is 0 Å². The first kappa shape index (κ1) is 11.5. The van der Waals surface area contributed by atoms with E-state index in [-0.39, 0.29) is 24.6 Å². The Kier molecular flexibility index (Phi) is 4.35. The predicted octanol–water partition coefficient (Wildman–Crippen LogP) is -2.33. The van der Waals surface area contributed by atoms with Crippen molar-refractivity contribution in [3.8, 4) is 5.75 Å². The monoisotopic (exact) mass is 180 g/mol. The number of hydrogen-bond acceptors (Lipinski definition) is 3. The van der Waals surface area contributed by atoms with Crippen LogP contribution in [0.25, 0.3) is 0 Å². The molecule has 0 amide bonds. The Bertz CT molecular complexity index is 321. The fourth-order valence-corrected chi connectivity index (χ4v) is 0.873. The molecular weight excluding hydrogens is 175 g/mol. The molecule has 0 spiro atoms. The van der Waals surface area contributed by atoms with Crippen LogP contribution in [-0.2, 0) is 10.4 Å². The molecule has 0 aliphatic heterocycles.